The van der Waals surface area contributed by atoms with Gasteiger partial charge in [-0.3, -0.25) is 9.69 Å². The fourth-order valence-corrected chi connectivity index (χ4v) is 3.32. The fraction of sp³-hybridized carbons (Fsp3) is 0.500. The first-order valence-electron chi connectivity index (χ1n) is 9.00. The Hall–Kier alpha value is -3.08. The molecular weight excluding hydrogens is 387 g/mol. The van der Waals surface area contributed by atoms with Crippen LogP contribution in [0.4, 0.5) is 25.4 Å². The normalized spacial score (nSPS) is 23.8. The molecule has 2 heterocycles. The number of amides is 3. The lowest BCUT2D eigenvalue weighted by Gasteiger charge is -2.22. The summed E-state index contributed by atoms with van der Waals surface area (Å²) in [4.78, 5) is 39.1. The average molecular weight is 410 g/mol. The van der Waals surface area contributed by atoms with Crippen LogP contribution in [0.3, 0.4) is 0 Å². The number of carbonyl (C=O) groups excluding carboxylic acids is 3. The molecule has 3 rings (SSSR count). The van der Waals surface area contributed by atoms with Crippen molar-refractivity contribution >= 4 is 29.5 Å². The third-order valence-electron chi connectivity index (χ3n) is 5.09. The third-order valence-corrected chi connectivity index (χ3v) is 5.09. The maximum Gasteiger partial charge on any atom is 0.416 e. The van der Waals surface area contributed by atoms with Gasteiger partial charge in [-0.1, -0.05) is 0 Å². The summed E-state index contributed by atoms with van der Waals surface area (Å²) in [6.45, 7) is 1.77. The molecule has 0 aromatic heterocycles. The minimum Gasteiger partial charge on any atom is -0.453 e. The van der Waals surface area contributed by atoms with E-state index in [1.165, 1.54) is 43.0 Å². The van der Waals surface area contributed by atoms with E-state index in [0.29, 0.717) is 5.69 Å². The second-order valence-electron chi connectivity index (χ2n) is 6.93. The molecule has 1 unspecified atom stereocenters. The number of anilines is 2. The van der Waals surface area contributed by atoms with Gasteiger partial charge in [0.2, 0.25) is 5.91 Å². The highest BCUT2D eigenvalue weighted by Gasteiger charge is 2.37. The number of hydrogen-bond donors (Lipinski definition) is 2. The summed E-state index contributed by atoms with van der Waals surface area (Å²) in [6.07, 6.45) is -2.98. The van der Waals surface area contributed by atoms with Gasteiger partial charge in [0.25, 0.3) is 0 Å². The van der Waals surface area contributed by atoms with Crippen molar-refractivity contribution in [2.24, 2.45) is 0 Å². The van der Waals surface area contributed by atoms with Crippen molar-refractivity contribution in [2.45, 2.75) is 25.3 Å². The van der Waals surface area contributed by atoms with E-state index in [2.05, 4.69) is 10.1 Å². The number of aliphatic hydroxyl groups excluding tert-OH is 1. The summed E-state index contributed by atoms with van der Waals surface area (Å²) >= 11 is 0. The Bertz CT molecular complexity index is 822. The molecule has 0 aliphatic carbocycles. The van der Waals surface area contributed by atoms with Crippen LogP contribution in [0.15, 0.2) is 18.2 Å². The maximum absolute atomic E-state index is 14.8. The summed E-state index contributed by atoms with van der Waals surface area (Å²) in [6, 6.07) is 3.65. The molecule has 29 heavy (non-hydrogen) atoms. The van der Waals surface area contributed by atoms with E-state index in [1.54, 1.807) is 11.0 Å². The minimum atomic E-state index is -0.885. The highest BCUT2D eigenvalue weighted by molar-refractivity contribution is 5.90. The second-order valence-corrected chi connectivity index (χ2v) is 6.93. The van der Waals surface area contributed by atoms with Crippen LogP contribution >= 0.6 is 0 Å². The van der Waals surface area contributed by atoms with Gasteiger partial charge in [-0.25, -0.2) is 14.0 Å². The largest absolute Gasteiger partial charge is 0.453 e. The molecule has 2 aliphatic heterocycles. The van der Waals surface area contributed by atoms with Crippen LogP contribution in [0.25, 0.3) is 0 Å². The summed E-state index contributed by atoms with van der Waals surface area (Å²) in [5, 5.41) is 12.6. The lowest BCUT2D eigenvalue weighted by molar-refractivity contribution is -0.134. The van der Waals surface area contributed by atoms with Crippen molar-refractivity contribution in [1.82, 2.24) is 10.2 Å². The number of nitrogens with zero attached hydrogens (tertiary/aromatic N) is 3. The Morgan fingerprint density at radius 2 is 2.07 bits per heavy atom. The van der Waals surface area contributed by atoms with Gasteiger partial charge in [0.15, 0.2) is 6.23 Å². The summed E-state index contributed by atoms with van der Waals surface area (Å²) in [5.74, 6) is -0.849. The van der Waals surface area contributed by atoms with Crippen molar-refractivity contribution < 1.29 is 33.4 Å². The SMILES string of the molecule is COC(=O)N[C@@H]1CN(c2ccc(N3CC(N(C)C(C)=O)OC3=O)cc2F)C[C@H]1O. The Balaban J connectivity index is 1.72. The standard InChI is InChI=1S/C18H23FN4O6/c1-10(24)21(2)16-9-23(18(27)29-16)11-4-5-14(12(19)6-11)22-7-13(15(25)8-22)20-17(26)28-3/h4-6,13,15-16,25H,7-9H2,1-3H3,(H,20,26)/t13-,15-,16?/m1/s1. The van der Waals surface area contributed by atoms with Crippen LogP contribution in [0.1, 0.15) is 6.92 Å². The molecule has 2 saturated heterocycles. The first-order valence-corrected chi connectivity index (χ1v) is 9.00. The Morgan fingerprint density at radius 1 is 1.34 bits per heavy atom. The van der Waals surface area contributed by atoms with Gasteiger partial charge in [0.1, 0.15) is 5.82 Å². The average Bonchev–Trinajstić information content (AvgIpc) is 3.23. The van der Waals surface area contributed by atoms with Gasteiger partial charge in [0.05, 0.1) is 37.2 Å². The Kier molecular flexibility index (Phi) is 5.78. The van der Waals surface area contributed by atoms with Gasteiger partial charge in [-0.15, -0.1) is 0 Å². The molecule has 3 atom stereocenters. The summed E-state index contributed by atoms with van der Waals surface area (Å²) in [7, 11) is 2.74. The van der Waals surface area contributed by atoms with Crippen LogP contribution < -0.4 is 15.1 Å². The zero-order valence-corrected chi connectivity index (χ0v) is 16.3. The number of ether oxygens (including phenoxy) is 2. The summed E-state index contributed by atoms with van der Waals surface area (Å²) in [5.41, 5.74) is 0.520. The van der Waals surface area contributed by atoms with Crippen molar-refractivity contribution in [1.29, 1.82) is 0 Å². The van der Waals surface area contributed by atoms with Crippen LogP contribution in [-0.4, -0.2) is 80.3 Å². The lowest BCUT2D eigenvalue weighted by atomic mass is 10.2. The number of halogens is 1. The zero-order valence-electron chi connectivity index (χ0n) is 16.3. The van der Waals surface area contributed by atoms with E-state index in [4.69, 9.17) is 4.74 Å². The van der Waals surface area contributed by atoms with Crippen molar-refractivity contribution in [3.05, 3.63) is 24.0 Å². The van der Waals surface area contributed by atoms with Gasteiger partial charge in [-0.05, 0) is 18.2 Å². The van der Waals surface area contributed by atoms with E-state index in [9.17, 15) is 23.9 Å². The van der Waals surface area contributed by atoms with Crippen LogP contribution in [0, 0.1) is 5.82 Å². The quantitative estimate of drug-likeness (QED) is 0.743. The van der Waals surface area contributed by atoms with Gasteiger partial charge >= 0.3 is 12.2 Å². The van der Waals surface area contributed by atoms with E-state index >= 15 is 0 Å². The highest BCUT2D eigenvalue weighted by atomic mass is 19.1. The van der Waals surface area contributed by atoms with Crippen molar-refractivity contribution in [2.75, 3.05) is 43.6 Å². The number of hydrogen-bond acceptors (Lipinski definition) is 7. The lowest BCUT2D eigenvalue weighted by Crippen LogP contribution is -2.42. The van der Waals surface area contributed by atoms with Crippen molar-refractivity contribution in [3.8, 4) is 0 Å². The fourth-order valence-electron chi connectivity index (χ4n) is 3.32. The number of aliphatic hydroxyl groups is 1. The molecule has 158 valence electrons. The number of alkyl carbamates (subject to hydrolysis) is 1. The Labute approximate surface area is 166 Å². The van der Waals surface area contributed by atoms with E-state index in [1.807, 2.05) is 0 Å². The third kappa shape index (κ3) is 4.19. The maximum atomic E-state index is 14.8. The number of likely N-dealkylation sites (N-methyl/N-ethyl adjacent to an activating group) is 1. The molecule has 2 aliphatic rings. The molecule has 3 amide bonds. The Morgan fingerprint density at radius 3 is 2.69 bits per heavy atom. The second kappa shape index (κ2) is 8.11. The van der Waals surface area contributed by atoms with Gasteiger partial charge < -0.3 is 29.7 Å². The van der Waals surface area contributed by atoms with Crippen LogP contribution in [-0.2, 0) is 14.3 Å². The number of carbonyl (C=O) groups is 3. The molecule has 1 aromatic rings. The van der Waals surface area contributed by atoms with Crippen LogP contribution in [0.5, 0.6) is 0 Å². The van der Waals surface area contributed by atoms with E-state index in [-0.39, 0.29) is 31.2 Å². The van der Waals surface area contributed by atoms with E-state index in [0.717, 1.165) is 0 Å². The molecule has 1 aromatic carbocycles. The number of methoxy groups -OCH3 is 1. The first-order chi connectivity index (χ1) is 13.7. The molecule has 2 fully saturated rings. The van der Waals surface area contributed by atoms with Gasteiger partial charge in [-0.2, -0.15) is 0 Å². The number of benzene rings is 1. The minimum absolute atomic E-state index is 0.0846. The molecule has 11 heteroatoms. The van der Waals surface area contributed by atoms with Crippen molar-refractivity contribution in [3.63, 3.8) is 0 Å². The number of cyclic esters (lactones) is 1. The molecule has 10 nitrogen and oxygen atoms in total. The molecule has 0 radical (unpaired) electrons. The number of β-amino-alcohol motifs (C(OH)–C–C–N with tert-alkyl or cyclic N) is 1. The number of rotatable bonds is 4. The number of nitrogens with one attached hydrogen (secondary N) is 1. The monoisotopic (exact) mass is 410 g/mol. The predicted octanol–water partition coefficient (Wildman–Crippen LogP) is 0.492. The smallest absolute Gasteiger partial charge is 0.416 e. The molecule has 0 saturated carbocycles. The molecule has 0 spiro atoms. The van der Waals surface area contributed by atoms with E-state index < -0.39 is 36.4 Å². The summed E-state index contributed by atoms with van der Waals surface area (Å²) < 4.78 is 24.5. The molecule has 2 N–H and O–H groups in total. The highest BCUT2D eigenvalue weighted by Crippen LogP contribution is 2.30. The zero-order chi connectivity index (χ0) is 21.3. The van der Waals surface area contributed by atoms with Crippen LogP contribution in [0.2, 0.25) is 0 Å². The topological polar surface area (TPSA) is 112 Å². The predicted molar refractivity (Wildman–Crippen MR) is 100 cm³/mol. The van der Waals surface area contributed by atoms with Gasteiger partial charge in [0, 0.05) is 27.1 Å². The first kappa shape index (κ1) is 20.6. The molecule has 0 bridgehead atoms. The molecular formula is C18H23FN4O6.